The molecule has 1 heteroatoms. The minimum Gasteiger partial charge on any atom is -0.232 e. The van der Waals surface area contributed by atoms with Crippen molar-refractivity contribution in [2.75, 3.05) is 0 Å². The van der Waals surface area contributed by atoms with Crippen LogP contribution in [0, 0.1) is 15.9 Å². The summed E-state index contributed by atoms with van der Waals surface area (Å²) in [6.45, 7) is 4.53. The Balaban J connectivity index is 1.89. The van der Waals surface area contributed by atoms with Crippen LogP contribution in [-0.2, 0) is 24.6 Å². The Hall–Kier alpha value is -1.86. The lowest BCUT2D eigenvalue weighted by molar-refractivity contribution is 0.177. The fraction of sp³-hybridized carbons (Fsp3) is 0.440. The number of hydrogen-bond acceptors (Lipinski definition) is 0. The van der Waals surface area contributed by atoms with Gasteiger partial charge in [-0.25, -0.2) is 5.11 Å². The summed E-state index contributed by atoms with van der Waals surface area (Å²) in [6.07, 6.45) is 13.5. The summed E-state index contributed by atoms with van der Waals surface area (Å²) in [7, 11) is 0. The van der Waals surface area contributed by atoms with E-state index in [2.05, 4.69) is 50.3 Å². The number of benzene rings is 2. The third-order valence-corrected chi connectivity index (χ3v) is 6.68. The molecule has 1 nitrogen and oxygen atoms in total. The van der Waals surface area contributed by atoms with E-state index in [0.29, 0.717) is 5.41 Å². The van der Waals surface area contributed by atoms with E-state index < -0.39 is 0 Å². The van der Waals surface area contributed by atoms with Crippen molar-refractivity contribution in [1.82, 2.24) is 0 Å². The molecule has 135 valence electrons. The van der Waals surface area contributed by atoms with Crippen molar-refractivity contribution >= 4 is 12.2 Å². The van der Waals surface area contributed by atoms with E-state index >= 15 is 0 Å². The lowest BCUT2D eigenvalue weighted by Crippen LogP contribution is -2.32. The smallest absolute Gasteiger partial charge is 0.107 e. The second kappa shape index (κ2) is 7.04. The second-order valence-electron chi connectivity index (χ2n) is 8.18. The zero-order valence-corrected chi connectivity index (χ0v) is 16.1. The predicted octanol–water partition coefficient (Wildman–Crippen LogP) is 4.55. The first-order chi connectivity index (χ1) is 12.7. The Morgan fingerprint density at radius 1 is 0.962 bits per heavy atom. The molecule has 1 radical (unpaired) electrons. The van der Waals surface area contributed by atoms with Crippen molar-refractivity contribution in [3.8, 4) is 0 Å². The van der Waals surface area contributed by atoms with Crippen molar-refractivity contribution < 1.29 is 5.11 Å². The largest absolute Gasteiger partial charge is 0.232 e. The second-order valence-corrected chi connectivity index (χ2v) is 8.18. The quantitative estimate of drug-likeness (QED) is 0.757. The summed E-state index contributed by atoms with van der Waals surface area (Å²) in [6, 6.07) is 10.9. The van der Waals surface area contributed by atoms with Crippen molar-refractivity contribution in [2.45, 2.75) is 65.4 Å². The highest BCUT2D eigenvalue weighted by molar-refractivity contribution is 5.48. The molecule has 0 fully saturated rings. The molecule has 1 atom stereocenters. The minimum absolute atomic E-state index is 0.135. The van der Waals surface area contributed by atoms with Crippen LogP contribution in [0.2, 0.25) is 0 Å². The molecular formula is C25H29O. The molecule has 0 saturated carbocycles. The Morgan fingerprint density at radius 2 is 1.81 bits per heavy atom. The number of hydrogen-bond donors (Lipinski definition) is 0. The summed E-state index contributed by atoms with van der Waals surface area (Å²) in [4.78, 5) is 0. The number of rotatable bonds is 5. The maximum absolute atomic E-state index is 11.2. The molecule has 0 bridgehead atoms. The standard InChI is InChI=1S/C25H29O/c1-3-5-13-25(4-2)14-12-19-7-10-22-21-9-6-18(17-26)15-20(21)8-11-23(22)24(19)16-25/h6-10,12,15H,3-5,11,13-14,16-17H2,1-2H3. The van der Waals surface area contributed by atoms with Gasteiger partial charge in [-0.05, 0) is 81.2 Å². The highest BCUT2D eigenvalue weighted by Gasteiger charge is 2.30. The summed E-state index contributed by atoms with van der Waals surface area (Å²) in [5, 5.41) is 16.6. The Morgan fingerprint density at radius 3 is 2.58 bits per heavy atom. The average molecular weight is 346 g/mol. The van der Waals surface area contributed by atoms with Crippen molar-refractivity contribution in [3.63, 3.8) is 0 Å². The van der Waals surface area contributed by atoms with Crippen LogP contribution in [0.1, 0.15) is 62.6 Å². The zero-order valence-electron chi connectivity index (χ0n) is 16.1. The normalized spacial score (nSPS) is 20.4. The highest BCUT2D eigenvalue weighted by Crippen LogP contribution is 2.39. The van der Waals surface area contributed by atoms with Gasteiger partial charge in [0.1, 0.15) is 6.61 Å². The van der Waals surface area contributed by atoms with Crippen molar-refractivity contribution in [2.24, 2.45) is 5.41 Å². The van der Waals surface area contributed by atoms with E-state index in [1.165, 1.54) is 65.0 Å². The fourth-order valence-electron chi connectivity index (χ4n) is 4.89. The average Bonchev–Trinajstić information content (AvgIpc) is 2.71. The fourth-order valence-corrected chi connectivity index (χ4v) is 4.89. The van der Waals surface area contributed by atoms with E-state index in [1.807, 2.05) is 6.07 Å². The Kier molecular flexibility index (Phi) is 4.75. The van der Waals surface area contributed by atoms with Gasteiger partial charge in [0.25, 0.3) is 0 Å². The molecule has 0 saturated heterocycles. The van der Waals surface area contributed by atoms with E-state index in [4.69, 9.17) is 0 Å². The first kappa shape index (κ1) is 17.5. The van der Waals surface area contributed by atoms with Gasteiger partial charge >= 0.3 is 0 Å². The molecule has 0 spiro atoms. The van der Waals surface area contributed by atoms with E-state index in [0.717, 1.165) is 12.0 Å². The SMILES string of the molecule is CCCCC1(CC)CC=c2ccc3c(c2C1)CC=c1cc(C[O])ccc1=3. The third-order valence-electron chi connectivity index (χ3n) is 6.68. The van der Waals surface area contributed by atoms with Crippen LogP contribution in [0.5, 0.6) is 0 Å². The van der Waals surface area contributed by atoms with Crippen molar-refractivity contribution in [3.05, 3.63) is 67.9 Å². The van der Waals surface area contributed by atoms with Gasteiger partial charge in [0.05, 0.1) is 0 Å². The van der Waals surface area contributed by atoms with E-state index in [-0.39, 0.29) is 6.61 Å². The Labute approximate surface area is 156 Å². The van der Waals surface area contributed by atoms with Gasteiger partial charge < -0.3 is 0 Å². The monoisotopic (exact) mass is 345 g/mol. The molecular weight excluding hydrogens is 316 g/mol. The maximum atomic E-state index is 11.2. The lowest BCUT2D eigenvalue weighted by Gasteiger charge is -2.36. The molecule has 2 aliphatic rings. The van der Waals surface area contributed by atoms with Crippen LogP contribution in [-0.4, -0.2) is 0 Å². The van der Waals surface area contributed by atoms with Crippen LogP contribution in [0.15, 0.2) is 30.3 Å². The molecule has 1 unspecified atom stereocenters. The van der Waals surface area contributed by atoms with Crippen LogP contribution in [0.3, 0.4) is 0 Å². The molecule has 2 aromatic rings. The number of unbranched alkanes of at least 4 members (excludes halogenated alkanes) is 1. The minimum atomic E-state index is -0.135. The molecule has 4 rings (SSSR count). The van der Waals surface area contributed by atoms with Gasteiger partial charge in [0, 0.05) is 0 Å². The summed E-state index contributed by atoms with van der Waals surface area (Å²) < 4.78 is 0. The van der Waals surface area contributed by atoms with E-state index in [1.54, 1.807) is 5.56 Å². The van der Waals surface area contributed by atoms with Gasteiger partial charge in [-0.1, -0.05) is 63.1 Å². The summed E-state index contributed by atoms with van der Waals surface area (Å²) in [5.74, 6) is 0. The summed E-state index contributed by atoms with van der Waals surface area (Å²) >= 11 is 0. The van der Waals surface area contributed by atoms with E-state index in [9.17, 15) is 5.11 Å². The van der Waals surface area contributed by atoms with Crippen molar-refractivity contribution in [1.29, 1.82) is 0 Å². The first-order valence-electron chi connectivity index (χ1n) is 10.2. The predicted molar refractivity (Wildman–Crippen MR) is 107 cm³/mol. The summed E-state index contributed by atoms with van der Waals surface area (Å²) in [5.41, 5.74) is 4.45. The molecule has 0 aromatic heterocycles. The number of fused-ring (bicyclic) bond motifs is 4. The Bertz CT molecular complexity index is 1030. The maximum Gasteiger partial charge on any atom is 0.107 e. The topological polar surface area (TPSA) is 19.9 Å². The lowest BCUT2D eigenvalue weighted by atomic mass is 9.69. The van der Waals surface area contributed by atoms with Gasteiger partial charge in [-0.15, -0.1) is 0 Å². The molecule has 0 amide bonds. The molecule has 2 aliphatic carbocycles. The van der Waals surface area contributed by atoms with Gasteiger partial charge in [-0.3, -0.25) is 0 Å². The van der Waals surface area contributed by atoms with Crippen LogP contribution >= 0.6 is 0 Å². The van der Waals surface area contributed by atoms with Gasteiger partial charge in [-0.2, -0.15) is 0 Å². The van der Waals surface area contributed by atoms with Gasteiger partial charge in [0.2, 0.25) is 0 Å². The molecule has 0 aliphatic heterocycles. The molecule has 0 N–H and O–H groups in total. The van der Waals surface area contributed by atoms with Crippen LogP contribution in [0.25, 0.3) is 12.2 Å². The molecule has 26 heavy (non-hydrogen) atoms. The first-order valence-corrected chi connectivity index (χ1v) is 10.2. The molecule has 0 heterocycles. The van der Waals surface area contributed by atoms with Crippen LogP contribution < -0.4 is 10.4 Å². The zero-order chi connectivity index (χ0) is 18.1. The highest BCUT2D eigenvalue weighted by atomic mass is 16.3. The van der Waals surface area contributed by atoms with Crippen LogP contribution in [0.4, 0.5) is 0 Å². The van der Waals surface area contributed by atoms with Gasteiger partial charge in [0.15, 0.2) is 0 Å². The molecule has 2 aromatic carbocycles. The third kappa shape index (κ3) is 2.93.